The van der Waals surface area contributed by atoms with Crippen LogP contribution in [-0.4, -0.2) is 21.9 Å². The maximum atomic E-state index is 12.1. The highest BCUT2D eigenvalue weighted by Crippen LogP contribution is 2.37. The number of nitrogens with zero attached hydrogens (tertiary/aromatic N) is 3. The van der Waals surface area contributed by atoms with Gasteiger partial charge in [0.05, 0.1) is 13.4 Å². The van der Waals surface area contributed by atoms with Gasteiger partial charge < -0.3 is 13.6 Å². The Kier molecular flexibility index (Phi) is 5.55. The van der Waals surface area contributed by atoms with Crippen LogP contribution in [0.2, 0.25) is 0 Å². The molecule has 8 heteroatoms. The number of thioether (sulfide) groups is 1. The first kappa shape index (κ1) is 19.9. The van der Waals surface area contributed by atoms with Crippen molar-refractivity contribution < 1.29 is 13.6 Å². The van der Waals surface area contributed by atoms with Gasteiger partial charge in [0, 0.05) is 29.3 Å². The SMILES string of the molecule is COc1ccc2c(CSc3nnc(-c4ccco4)n3C3CCCCC3)cc(=O)oc2c1. The second kappa shape index (κ2) is 8.63. The average Bonchev–Trinajstić information content (AvgIpc) is 3.47. The Bertz CT molecular complexity index is 1240. The minimum atomic E-state index is -0.374. The Morgan fingerprint density at radius 3 is 2.81 bits per heavy atom. The van der Waals surface area contributed by atoms with Crippen molar-refractivity contribution >= 4 is 22.7 Å². The summed E-state index contributed by atoms with van der Waals surface area (Å²) in [4.78, 5) is 12.1. The molecule has 1 aromatic carbocycles. The molecule has 5 rings (SSSR count). The van der Waals surface area contributed by atoms with E-state index in [2.05, 4.69) is 14.8 Å². The summed E-state index contributed by atoms with van der Waals surface area (Å²) in [7, 11) is 1.59. The van der Waals surface area contributed by atoms with Crippen molar-refractivity contribution in [2.75, 3.05) is 7.11 Å². The van der Waals surface area contributed by atoms with E-state index in [1.807, 2.05) is 24.3 Å². The molecule has 1 aliphatic carbocycles. The van der Waals surface area contributed by atoms with E-state index in [0.717, 1.165) is 40.5 Å². The fourth-order valence-electron chi connectivity index (χ4n) is 4.22. The number of benzene rings is 1. The first-order valence-electron chi connectivity index (χ1n) is 10.5. The van der Waals surface area contributed by atoms with Gasteiger partial charge in [-0.1, -0.05) is 31.0 Å². The van der Waals surface area contributed by atoms with Crippen molar-refractivity contribution in [2.45, 2.75) is 49.1 Å². The number of hydrogen-bond acceptors (Lipinski definition) is 7. The van der Waals surface area contributed by atoms with Crippen LogP contribution >= 0.6 is 11.8 Å². The van der Waals surface area contributed by atoms with E-state index < -0.39 is 0 Å². The van der Waals surface area contributed by atoms with Crippen LogP contribution in [0.3, 0.4) is 0 Å². The van der Waals surface area contributed by atoms with E-state index >= 15 is 0 Å². The van der Waals surface area contributed by atoms with E-state index in [4.69, 9.17) is 13.6 Å². The topological polar surface area (TPSA) is 83.3 Å². The summed E-state index contributed by atoms with van der Waals surface area (Å²) in [6, 6.07) is 11.2. The van der Waals surface area contributed by atoms with E-state index in [9.17, 15) is 4.79 Å². The maximum absolute atomic E-state index is 12.1. The third-order valence-electron chi connectivity index (χ3n) is 5.74. The summed E-state index contributed by atoms with van der Waals surface area (Å²) in [5, 5.41) is 10.7. The predicted octanol–water partition coefficient (Wildman–Crippen LogP) is 5.45. The molecule has 3 heterocycles. The van der Waals surface area contributed by atoms with E-state index in [0.29, 0.717) is 23.1 Å². The van der Waals surface area contributed by atoms with Crippen molar-refractivity contribution in [3.63, 3.8) is 0 Å². The third-order valence-corrected chi connectivity index (χ3v) is 6.73. The molecule has 0 amide bonds. The van der Waals surface area contributed by atoms with Gasteiger partial charge in [-0.05, 0) is 42.7 Å². The zero-order valence-electron chi connectivity index (χ0n) is 17.2. The molecule has 0 N–H and O–H groups in total. The van der Waals surface area contributed by atoms with Gasteiger partial charge in [0.15, 0.2) is 10.9 Å². The molecular weight excluding hydrogens is 414 g/mol. The number of fused-ring (bicyclic) bond motifs is 1. The fraction of sp³-hybridized carbons (Fsp3) is 0.348. The Morgan fingerprint density at radius 1 is 1.16 bits per heavy atom. The van der Waals surface area contributed by atoms with Crippen LogP contribution in [0.15, 0.2) is 61.4 Å². The molecule has 1 saturated carbocycles. The second-order valence-electron chi connectivity index (χ2n) is 7.69. The van der Waals surface area contributed by atoms with Crippen LogP contribution in [0.1, 0.15) is 43.7 Å². The summed E-state index contributed by atoms with van der Waals surface area (Å²) in [5.74, 6) is 2.72. The third kappa shape index (κ3) is 3.99. The Hall–Kier alpha value is -3.00. The van der Waals surface area contributed by atoms with Gasteiger partial charge >= 0.3 is 5.63 Å². The average molecular weight is 438 g/mol. The van der Waals surface area contributed by atoms with E-state index in [-0.39, 0.29) is 5.63 Å². The zero-order chi connectivity index (χ0) is 21.2. The number of furan rings is 1. The lowest BCUT2D eigenvalue weighted by atomic mass is 9.95. The van der Waals surface area contributed by atoms with E-state index in [1.165, 1.54) is 19.3 Å². The van der Waals surface area contributed by atoms with Crippen LogP contribution in [0.5, 0.6) is 5.75 Å². The van der Waals surface area contributed by atoms with Crippen LogP contribution in [0.4, 0.5) is 0 Å². The zero-order valence-corrected chi connectivity index (χ0v) is 18.1. The van der Waals surface area contributed by atoms with Crippen LogP contribution in [-0.2, 0) is 5.75 Å². The van der Waals surface area contributed by atoms with Crippen molar-refractivity contribution in [1.29, 1.82) is 0 Å². The molecule has 0 spiro atoms. The first-order chi connectivity index (χ1) is 15.2. The standard InChI is InChI=1S/C23H23N3O4S/c1-28-17-9-10-18-15(12-21(27)30-20(18)13-17)14-31-23-25-24-22(19-8-5-11-29-19)26(23)16-6-3-2-4-7-16/h5,8-13,16H,2-4,6-7,14H2,1H3. The lowest BCUT2D eigenvalue weighted by Crippen LogP contribution is -2.15. The van der Waals surface area contributed by atoms with Gasteiger partial charge in [0.1, 0.15) is 11.3 Å². The van der Waals surface area contributed by atoms with Crippen LogP contribution in [0, 0.1) is 0 Å². The number of ether oxygens (including phenoxy) is 1. The highest BCUT2D eigenvalue weighted by Gasteiger charge is 2.25. The summed E-state index contributed by atoms with van der Waals surface area (Å²) in [5.41, 5.74) is 1.05. The van der Waals surface area contributed by atoms with Gasteiger partial charge in [-0.2, -0.15) is 0 Å². The summed E-state index contributed by atoms with van der Waals surface area (Å²) in [6.45, 7) is 0. The summed E-state index contributed by atoms with van der Waals surface area (Å²) >= 11 is 1.58. The van der Waals surface area contributed by atoms with Crippen molar-refractivity contribution in [3.8, 4) is 17.3 Å². The maximum Gasteiger partial charge on any atom is 0.336 e. The molecule has 1 aliphatic rings. The van der Waals surface area contributed by atoms with E-state index in [1.54, 1.807) is 37.3 Å². The Morgan fingerprint density at radius 2 is 2.03 bits per heavy atom. The quantitative estimate of drug-likeness (QED) is 0.293. The molecule has 0 saturated heterocycles. The molecule has 0 aliphatic heterocycles. The Labute approximate surface area is 183 Å². The highest BCUT2D eigenvalue weighted by molar-refractivity contribution is 7.98. The molecule has 7 nitrogen and oxygen atoms in total. The molecular formula is C23H23N3O4S. The molecule has 160 valence electrons. The molecule has 31 heavy (non-hydrogen) atoms. The Balaban J connectivity index is 1.49. The normalized spacial score (nSPS) is 14.9. The molecule has 4 aromatic rings. The lowest BCUT2D eigenvalue weighted by Gasteiger charge is -2.25. The summed E-state index contributed by atoms with van der Waals surface area (Å²) < 4.78 is 18.5. The number of rotatable bonds is 6. The molecule has 0 atom stereocenters. The number of hydrogen-bond donors (Lipinski definition) is 0. The minimum absolute atomic E-state index is 0.355. The van der Waals surface area contributed by atoms with Gasteiger partial charge in [-0.3, -0.25) is 4.57 Å². The van der Waals surface area contributed by atoms with Crippen molar-refractivity contribution in [1.82, 2.24) is 14.8 Å². The highest BCUT2D eigenvalue weighted by atomic mass is 32.2. The number of aromatic nitrogens is 3. The molecule has 0 bridgehead atoms. The lowest BCUT2D eigenvalue weighted by molar-refractivity contribution is 0.337. The largest absolute Gasteiger partial charge is 0.497 e. The van der Waals surface area contributed by atoms with Crippen molar-refractivity contribution in [3.05, 3.63) is 58.6 Å². The van der Waals surface area contributed by atoms with Gasteiger partial charge in [-0.25, -0.2) is 4.79 Å². The fourth-order valence-corrected chi connectivity index (χ4v) is 5.21. The predicted molar refractivity (Wildman–Crippen MR) is 118 cm³/mol. The smallest absolute Gasteiger partial charge is 0.336 e. The minimum Gasteiger partial charge on any atom is -0.497 e. The first-order valence-corrected chi connectivity index (χ1v) is 11.4. The van der Waals surface area contributed by atoms with Crippen molar-refractivity contribution in [2.24, 2.45) is 0 Å². The number of methoxy groups -OCH3 is 1. The molecule has 1 fully saturated rings. The van der Waals surface area contributed by atoms with Gasteiger partial charge in [-0.15, -0.1) is 10.2 Å². The summed E-state index contributed by atoms with van der Waals surface area (Å²) in [6.07, 6.45) is 7.56. The van der Waals surface area contributed by atoms with Crippen LogP contribution < -0.4 is 10.4 Å². The van der Waals surface area contributed by atoms with Gasteiger partial charge in [0.2, 0.25) is 5.82 Å². The molecule has 3 aromatic heterocycles. The molecule has 0 radical (unpaired) electrons. The molecule has 0 unspecified atom stereocenters. The monoisotopic (exact) mass is 437 g/mol. The second-order valence-corrected chi connectivity index (χ2v) is 8.63. The van der Waals surface area contributed by atoms with Crippen LogP contribution in [0.25, 0.3) is 22.6 Å². The van der Waals surface area contributed by atoms with Gasteiger partial charge in [0.25, 0.3) is 0 Å².